The van der Waals surface area contributed by atoms with Gasteiger partial charge in [0.25, 0.3) is 0 Å². The number of phenolic OH excluding ortho intramolecular Hbond substituents is 1. The van der Waals surface area contributed by atoms with Gasteiger partial charge in [0.1, 0.15) is 0 Å². The Morgan fingerprint density at radius 1 is 1.12 bits per heavy atom. The number of hydrogen-bond donors (Lipinski definition) is 1. The molecule has 0 bridgehead atoms. The number of ether oxygens (including phenoxy) is 2. The van der Waals surface area contributed by atoms with Crippen LogP contribution in [0.5, 0.6) is 11.5 Å². The lowest BCUT2D eigenvalue weighted by Gasteiger charge is -2.42. The van der Waals surface area contributed by atoms with Gasteiger partial charge in [-0.05, 0) is 37.3 Å². The summed E-state index contributed by atoms with van der Waals surface area (Å²) in [5.41, 5.74) is 4.54. The maximum atomic E-state index is 10.3. The summed E-state index contributed by atoms with van der Waals surface area (Å²) in [6.07, 6.45) is 4.10. The van der Waals surface area contributed by atoms with Crippen molar-refractivity contribution < 1.29 is 14.6 Å². The second kappa shape index (κ2) is 3.39. The zero-order valence-corrected chi connectivity index (χ0v) is 10.6. The predicted molar refractivity (Wildman–Crippen MR) is 64.7 cm³/mol. The van der Waals surface area contributed by atoms with Crippen LogP contribution in [0.15, 0.2) is 0 Å². The summed E-state index contributed by atoms with van der Waals surface area (Å²) in [5, 5.41) is 10.3. The summed E-state index contributed by atoms with van der Waals surface area (Å²) in [6, 6.07) is 0. The molecule has 0 amide bonds. The molecular weight excluding hydrogens is 216 g/mol. The number of fused-ring (bicyclic) bond motifs is 3. The zero-order chi connectivity index (χ0) is 12.2. The van der Waals surface area contributed by atoms with Gasteiger partial charge < -0.3 is 14.6 Å². The minimum Gasteiger partial charge on any atom is -0.504 e. The van der Waals surface area contributed by atoms with Crippen LogP contribution < -0.4 is 4.74 Å². The molecule has 0 saturated carbocycles. The number of methoxy groups -OCH3 is 2. The highest BCUT2D eigenvalue weighted by Gasteiger charge is 2.46. The molecule has 17 heavy (non-hydrogen) atoms. The van der Waals surface area contributed by atoms with Crippen LogP contribution in [0.2, 0.25) is 0 Å². The number of hydrogen-bond acceptors (Lipinski definition) is 3. The second-order valence-electron chi connectivity index (χ2n) is 5.16. The van der Waals surface area contributed by atoms with E-state index in [1.165, 1.54) is 11.1 Å². The average molecular weight is 234 g/mol. The van der Waals surface area contributed by atoms with E-state index in [1.807, 2.05) is 0 Å². The van der Waals surface area contributed by atoms with Gasteiger partial charge in [0, 0.05) is 24.7 Å². The lowest BCUT2D eigenvalue weighted by molar-refractivity contribution is -0.0210. The van der Waals surface area contributed by atoms with Crippen molar-refractivity contribution in [1.82, 2.24) is 0 Å². The molecule has 1 aromatic rings. The van der Waals surface area contributed by atoms with Gasteiger partial charge in [-0.25, -0.2) is 0 Å². The topological polar surface area (TPSA) is 38.7 Å². The largest absolute Gasteiger partial charge is 0.504 e. The second-order valence-corrected chi connectivity index (χ2v) is 5.16. The minimum atomic E-state index is -0.296. The van der Waals surface area contributed by atoms with Crippen LogP contribution in [0.4, 0.5) is 0 Å². The molecule has 0 aromatic heterocycles. The molecule has 0 saturated heterocycles. The Morgan fingerprint density at radius 2 is 1.82 bits per heavy atom. The quantitative estimate of drug-likeness (QED) is 0.853. The Labute approximate surface area is 101 Å². The molecule has 2 aliphatic rings. The molecule has 3 nitrogen and oxygen atoms in total. The Bertz CT molecular complexity index is 493. The van der Waals surface area contributed by atoms with Crippen molar-refractivity contribution in [2.75, 3.05) is 14.2 Å². The lowest BCUT2D eigenvalue weighted by Crippen LogP contribution is -2.39. The molecule has 3 heteroatoms. The van der Waals surface area contributed by atoms with Gasteiger partial charge in [0.2, 0.25) is 0 Å². The number of aromatic hydroxyl groups is 1. The molecule has 0 radical (unpaired) electrons. The zero-order valence-electron chi connectivity index (χ0n) is 10.6. The fourth-order valence-corrected chi connectivity index (χ4v) is 3.33. The highest BCUT2D eigenvalue weighted by molar-refractivity contribution is 5.66. The summed E-state index contributed by atoms with van der Waals surface area (Å²) in [4.78, 5) is 0. The summed E-state index contributed by atoms with van der Waals surface area (Å²) >= 11 is 0. The van der Waals surface area contributed by atoms with Crippen molar-refractivity contribution in [2.24, 2.45) is 0 Å². The first-order valence-electron chi connectivity index (χ1n) is 6.11. The first kappa shape index (κ1) is 10.9. The molecule has 0 fully saturated rings. The van der Waals surface area contributed by atoms with Crippen LogP contribution in [-0.2, 0) is 29.6 Å². The van der Waals surface area contributed by atoms with Crippen molar-refractivity contribution in [3.8, 4) is 11.5 Å². The molecule has 2 aliphatic carbocycles. The number of rotatable bonds is 2. The van der Waals surface area contributed by atoms with E-state index < -0.39 is 0 Å². The van der Waals surface area contributed by atoms with Crippen molar-refractivity contribution in [3.63, 3.8) is 0 Å². The van der Waals surface area contributed by atoms with Gasteiger partial charge in [-0.1, -0.05) is 0 Å². The van der Waals surface area contributed by atoms with Crippen LogP contribution in [-0.4, -0.2) is 19.3 Å². The van der Waals surface area contributed by atoms with Crippen LogP contribution in [0, 0.1) is 0 Å². The lowest BCUT2D eigenvalue weighted by atomic mass is 9.70. The monoisotopic (exact) mass is 234 g/mol. The van der Waals surface area contributed by atoms with Crippen molar-refractivity contribution in [1.29, 1.82) is 0 Å². The van der Waals surface area contributed by atoms with Gasteiger partial charge in [0.05, 0.1) is 12.7 Å². The van der Waals surface area contributed by atoms with Crippen LogP contribution in [0.1, 0.15) is 35.6 Å². The minimum absolute atomic E-state index is 0.296. The molecule has 1 unspecified atom stereocenters. The standard InChI is InChI=1S/C14H18O3/c1-14(17-3)7-10-8-5-4-6-9(8)12(15)13(16-2)11(10)14/h15H,4-7H2,1-3H3. The third kappa shape index (κ3) is 1.20. The van der Waals surface area contributed by atoms with E-state index in [-0.39, 0.29) is 5.60 Å². The van der Waals surface area contributed by atoms with Crippen molar-refractivity contribution in [2.45, 2.75) is 38.2 Å². The molecule has 0 heterocycles. The first-order chi connectivity index (χ1) is 8.12. The van der Waals surface area contributed by atoms with Crippen LogP contribution >= 0.6 is 0 Å². The Morgan fingerprint density at radius 3 is 2.47 bits per heavy atom. The van der Waals surface area contributed by atoms with E-state index in [0.717, 1.165) is 36.8 Å². The van der Waals surface area contributed by atoms with E-state index in [1.54, 1.807) is 14.2 Å². The molecule has 1 aromatic carbocycles. The van der Waals surface area contributed by atoms with Gasteiger partial charge in [0.15, 0.2) is 11.5 Å². The molecule has 92 valence electrons. The maximum Gasteiger partial charge on any atom is 0.167 e. The Balaban J connectivity index is 2.27. The average Bonchev–Trinajstić information content (AvgIpc) is 2.79. The summed E-state index contributed by atoms with van der Waals surface area (Å²) in [6.45, 7) is 2.05. The Hall–Kier alpha value is -1.22. The highest BCUT2D eigenvalue weighted by atomic mass is 16.5. The van der Waals surface area contributed by atoms with Crippen LogP contribution in [0.25, 0.3) is 0 Å². The van der Waals surface area contributed by atoms with Crippen molar-refractivity contribution >= 4 is 0 Å². The normalized spacial score (nSPS) is 25.1. The van der Waals surface area contributed by atoms with E-state index in [2.05, 4.69) is 6.92 Å². The molecule has 0 spiro atoms. The van der Waals surface area contributed by atoms with Gasteiger partial charge in [-0.3, -0.25) is 0 Å². The molecule has 0 aliphatic heterocycles. The third-order valence-corrected chi connectivity index (χ3v) is 4.31. The van der Waals surface area contributed by atoms with Crippen molar-refractivity contribution in [3.05, 3.63) is 22.3 Å². The Kier molecular flexibility index (Phi) is 2.17. The number of phenols is 1. The van der Waals surface area contributed by atoms with E-state index in [9.17, 15) is 5.11 Å². The smallest absolute Gasteiger partial charge is 0.167 e. The van der Waals surface area contributed by atoms with E-state index in [0.29, 0.717) is 11.5 Å². The summed E-state index contributed by atoms with van der Waals surface area (Å²) < 4.78 is 11.0. The molecule has 1 atom stereocenters. The van der Waals surface area contributed by atoms with Crippen LogP contribution in [0.3, 0.4) is 0 Å². The van der Waals surface area contributed by atoms with E-state index >= 15 is 0 Å². The SMILES string of the molecule is COc1c(O)c2c(c3c1C(C)(OC)C3)CCC2. The fourth-order valence-electron chi connectivity index (χ4n) is 3.33. The third-order valence-electron chi connectivity index (χ3n) is 4.31. The predicted octanol–water partition coefficient (Wildman–Crippen LogP) is 2.31. The number of benzene rings is 1. The fraction of sp³-hybridized carbons (Fsp3) is 0.571. The summed E-state index contributed by atoms with van der Waals surface area (Å²) in [5.74, 6) is 0.956. The van der Waals surface area contributed by atoms with Gasteiger partial charge in [-0.2, -0.15) is 0 Å². The summed E-state index contributed by atoms with van der Waals surface area (Å²) in [7, 11) is 3.33. The van der Waals surface area contributed by atoms with E-state index in [4.69, 9.17) is 9.47 Å². The van der Waals surface area contributed by atoms with Gasteiger partial charge in [-0.15, -0.1) is 0 Å². The first-order valence-corrected chi connectivity index (χ1v) is 6.11. The highest BCUT2D eigenvalue weighted by Crippen LogP contribution is 2.55. The maximum absolute atomic E-state index is 10.3. The molecular formula is C14H18O3. The molecule has 3 rings (SSSR count). The molecule has 1 N–H and O–H groups in total. The van der Waals surface area contributed by atoms with Gasteiger partial charge >= 0.3 is 0 Å².